The van der Waals surface area contributed by atoms with Crippen molar-refractivity contribution in [3.05, 3.63) is 48.6 Å². The molecule has 1 heterocycles. The van der Waals surface area contributed by atoms with Crippen LogP contribution < -0.4 is 5.32 Å². The van der Waals surface area contributed by atoms with Gasteiger partial charge < -0.3 is 45.1 Å². The van der Waals surface area contributed by atoms with Crippen LogP contribution in [0.1, 0.15) is 386 Å². The van der Waals surface area contributed by atoms with Gasteiger partial charge in [-0.05, 0) is 89.9 Å². The molecule has 0 aliphatic carbocycles. The quantitative estimate of drug-likeness (QED) is 0.0195. The highest BCUT2D eigenvalue weighted by molar-refractivity contribution is 5.76. The third-order valence-electron chi connectivity index (χ3n) is 18.7. The molecule has 0 spiro atoms. The summed E-state index contributed by atoms with van der Waals surface area (Å²) >= 11 is 0. The first-order valence-corrected chi connectivity index (χ1v) is 39.4. The van der Waals surface area contributed by atoms with E-state index in [1.807, 2.05) is 6.08 Å². The SMILES string of the molecule is CCCCCCC/C=C\CCCCCCCC(=O)OCCCCCCCCCCCCCCCCC/C=C\C/C=C\CCCCCCCCCCCCCCCCCCCC(=O)NC(COC1OC(CO)C(O)C(O)C1O)C(O)/C=C/CCCCCCCCCC. The molecule has 1 amide bonds. The number of rotatable bonds is 70. The number of ether oxygens (including phenoxy) is 3. The number of aliphatic hydroxyl groups is 5. The van der Waals surface area contributed by atoms with Crippen LogP contribution >= 0.6 is 0 Å². The van der Waals surface area contributed by atoms with Gasteiger partial charge in [-0.25, -0.2) is 0 Å². The molecule has 1 rings (SSSR count). The second kappa shape index (κ2) is 69.0. The molecule has 0 aromatic heterocycles. The van der Waals surface area contributed by atoms with Gasteiger partial charge in [0.1, 0.15) is 24.4 Å². The highest BCUT2D eigenvalue weighted by Gasteiger charge is 2.44. The summed E-state index contributed by atoms with van der Waals surface area (Å²) in [6, 6.07) is -0.807. The molecule has 0 bridgehead atoms. The fourth-order valence-electron chi connectivity index (χ4n) is 12.5. The molecule has 0 saturated carbocycles. The fourth-order valence-corrected chi connectivity index (χ4v) is 12.5. The number of hydrogen-bond acceptors (Lipinski definition) is 10. The van der Waals surface area contributed by atoms with Crippen molar-refractivity contribution in [2.75, 3.05) is 19.8 Å². The van der Waals surface area contributed by atoms with E-state index in [1.54, 1.807) is 6.08 Å². The molecule has 1 aliphatic rings. The lowest BCUT2D eigenvalue weighted by molar-refractivity contribution is -0.302. The van der Waals surface area contributed by atoms with Crippen molar-refractivity contribution < 1.29 is 49.3 Å². The van der Waals surface area contributed by atoms with E-state index in [-0.39, 0.29) is 18.5 Å². The largest absolute Gasteiger partial charge is 0.466 e. The number of hydrogen-bond donors (Lipinski definition) is 6. The first kappa shape index (κ1) is 86.6. The normalized spacial score (nSPS) is 17.8. The highest BCUT2D eigenvalue weighted by atomic mass is 16.7. The molecular formula is C80H149NO10. The van der Waals surface area contributed by atoms with Crippen LogP contribution in [0.3, 0.4) is 0 Å². The Kier molecular flexibility index (Phi) is 65.7. The van der Waals surface area contributed by atoms with Crippen LogP contribution in [-0.4, -0.2) is 100 Å². The van der Waals surface area contributed by atoms with Crippen LogP contribution in [0.15, 0.2) is 48.6 Å². The molecule has 534 valence electrons. The third kappa shape index (κ3) is 57.6. The van der Waals surface area contributed by atoms with Crippen molar-refractivity contribution in [1.82, 2.24) is 5.32 Å². The second-order valence-electron chi connectivity index (χ2n) is 27.4. The Labute approximate surface area is 561 Å². The molecule has 1 fully saturated rings. The number of unbranched alkanes of at least 4 members (excludes halogenated alkanes) is 50. The first-order valence-electron chi connectivity index (χ1n) is 39.4. The summed E-state index contributed by atoms with van der Waals surface area (Å²) in [6.07, 6.45) is 81.5. The maximum atomic E-state index is 13.0. The molecule has 0 aromatic rings. The molecule has 0 aromatic carbocycles. The standard InChI is InChI=1S/C80H149NO10/c1-3-5-7-9-11-13-15-16-45-48-52-56-60-64-68-76(85)89-69-65-61-57-53-49-46-43-41-39-37-35-33-31-29-27-25-23-21-19-17-18-20-22-24-26-28-30-32-34-36-38-40-42-44-47-51-55-59-63-67-75(84)81-72(71-90-80-79(88)78(87)77(86)74(70-82)91-80)73(83)66-62-58-54-50-14-12-10-8-6-4-2/h15-18,21,23,62,66,72-74,77-80,82-83,86-88H,3-14,19-20,22,24-61,63-65,67-71H2,1-2H3,(H,81,84)/b16-15-,18-17-,23-21-,66-62+. The molecular weight excluding hydrogens is 1130 g/mol. The number of nitrogens with one attached hydrogen (secondary N) is 1. The lowest BCUT2D eigenvalue weighted by Gasteiger charge is -2.40. The number of aliphatic hydroxyl groups excluding tert-OH is 5. The molecule has 6 N–H and O–H groups in total. The average molecular weight is 1290 g/mol. The number of carbonyl (C=O) groups excluding carboxylic acids is 2. The minimum Gasteiger partial charge on any atom is -0.466 e. The summed E-state index contributed by atoms with van der Waals surface area (Å²) in [5, 5.41) is 54.4. The molecule has 1 aliphatic heterocycles. The molecule has 7 unspecified atom stereocenters. The summed E-state index contributed by atoms with van der Waals surface area (Å²) < 4.78 is 16.7. The maximum absolute atomic E-state index is 13.0. The Morgan fingerprint density at radius 2 is 0.736 bits per heavy atom. The topological polar surface area (TPSA) is 175 Å². The van der Waals surface area contributed by atoms with Gasteiger partial charge in [0.15, 0.2) is 6.29 Å². The zero-order valence-electron chi connectivity index (χ0n) is 59.6. The van der Waals surface area contributed by atoms with Gasteiger partial charge >= 0.3 is 5.97 Å². The zero-order chi connectivity index (χ0) is 65.8. The monoisotopic (exact) mass is 1280 g/mol. The first-order chi connectivity index (χ1) is 44.7. The van der Waals surface area contributed by atoms with Crippen molar-refractivity contribution in [3.63, 3.8) is 0 Å². The minimum absolute atomic E-state index is 0.00629. The highest BCUT2D eigenvalue weighted by Crippen LogP contribution is 2.24. The lowest BCUT2D eigenvalue weighted by atomic mass is 9.99. The van der Waals surface area contributed by atoms with Crippen molar-refractivity contribution in [2.24, 2.45) is 0 Å². The molecule has 91 heavy (non-hydrogen) atoms. The van der Waals surface area contributed by atoms with Gasteiger partial charge in [-0.2, -0.15) is 0 Å². The maximum Gasteiger partial charge on any atom is 0.305 e. The van der Waals surface area contributed by atoms with Gasteiger partial charge in [0, 0.05) is 12.8 Å². The van der Waals surface area contributed by atoms with Crippen molar-refractivity contribution in [2.45, 2.75) is 429 Å². The predicted octanol–water partition coefficient (Wildman–Crippen LogP) is 21.1. The van der Waals surface area contributed by atoms with Crippen LogP contribution in [0.2, 0.25) is 0 Å². The van der Waals surface area contributed by atoms with Crippen molar-refractivity contribution in [3.8, 4) is 0 Å². The Morgan fingerprint density at radius 3 is 1.12 bits per heavy atom. The zero-order valence-corrected chi connectivity index (χ0v) is 59.6. The average Bonchev–Trinajstić information content (AvgIpc) is 1.14. The third-order valence-corrected chi connectivity index (χ3v) is 18.7. The summed E-state index contributed by atoms with van der Waals surface area (Å²) in [6.45, 7) is 4.35. The van der Waals surface area contributed by atoms with Crippen LogP contribution in [0.25, 0.3) is 0 Å². The smallest absolute Gasteiger partial charge is 0.305 e. The summed E-state index contributed by atoms with van der Waals surface area (Å²) in [5.74, 6) is -0.172. The molecule has 11 heteroatoms. The summed E-state index contributed by atoms with van der Waals surface area (Å²) in [7, 11) is 0. The number of esters is 1. The predicted molar refractivity (Wildman–Crippen MR) is 384 cm³/mol. The molecule has 7 atom stereocenters. The van der Waals surface area contributed by atoms with Crippen LogP contribution in [0.4, 0.5) is 0 Å². The van der Waals surface area contributed by atoms with E-state index >= 15 is 0 Å². The van der Waals surface area contributed by atoms with E-state index in [0.717, 1.165) is 64.2 Å². The Bertz CT molecular complexity index is 1650. The number of amides is 1. The molecule has 0 radical (unpaired) electrons. The lowest BCUT2D eigenvalue weighted by Crippen LogP contribution is -2.60. The van der Waals surface area contributed by atoms with E-state index in [9.17, 15) is 35.1 Å². The van der Waals surface area contributed by atoms with Gasteiger partial charge in [0.05, 0.1) is 32.0 Å². The van der Waals surface area contributed by atoms with Crippen molar-refractivity contribution >= 4 is 11.9 Å². The fraction of sp³-hybridized carbons (Fsp3) is 0.875. The molecule has 1 saturated heterocycles. The van der Waals surface area contributed by atoms with Gasteiger partial charge in [-0.3, -0.25) is 9.59 Å². The van der Waals surface area contributed by atoms with Crippen LogP contribution in [-0.2, 0) is 23.8 Å². The number of carbonyl (C=O) groups is 2. The van der Waals surface area contributed by atoms with Gasteiger partial charge in [0.2, 0.25) is 5.91 Å². The van der Waals surface area contributed by atoms with Crippen LogP contribution in [0.5, 0.6) is 0 Å². The van der Waals surface area contributed by atoms with E-state index in [1.165, 1.54) is 295 Å². The van der Waals surface area contributed by atoms with Gasteiger partial charge in [-0.1, -0.05) is 332 Å². The van der Waals surface area contributed by atoms with Gasteiger partial charge in [0.25, 0.3) is 0 Å². The van der Waals surface area contributed by atoms with E-state index in [4.69, 9.17) is 14.2 Å². The molecule has 11 nitrogen and oxygen atoms in total. The van der Waals surface area contributed by atoms with E-state index in [2.05, 4.69) is 55.6 Å². The van der Waals surface area contributed by atoms with E-state index < -0.39 is 49.5 Å². The van der Waals surface area contributed by atoms with E-state index in [0.29, 0.717) is 19.4 Å². The Balaban J connectivity index is 1.88. The number of allylic oxidation sites excluding steroid dienone is 7. The summed E-state index contributed by atoms with van der Waals surface area (Å²) in [5.41, 5.74) is 0. The summed E-state index contributed by atoms with van der Waals surface area (Å²) in [4.78, 5) is 25.1. The minimum atomic E-state index is -1.57. The Hall–Kier alpha value is -2.38. The van der Waals surface area contributed by atoms with Crippen LogP contribution in [0, 0.1) is 0 Å². The van der Waals surface area contributed by atoms with Gasteiger partial charge in [-0.15, -0.1) is 0 Å². The van der Waals surface area contributed by atoms with Crippen molar-refractivity contribution in [1.29, 1.82) is 0 Å². The Morgan fingerprint density at radius 1 is 0.407 bits per heavy atom. The second-order valence-corrected chi connectivity index (χ2v) is 27.4.